The Balaban J connectivity index is 1.64. The molecule has 43 heavy (non-hydrogen) atoms. The predicted molar refractivity (Wildman–Crippen MR) is 161 cm³/mol. The van der Waals surface area contributed by atoms with E-state index in [4.69, 9.17) is 9.15 Å². The molecular formula is C30H25FN6O5S. The Labute approximate surface area is 245 Å². The SMILES string of the molecule is CNC(=O)c1c(-c2ccc(F)cc2)oc2cc(N(C)S(C)(=O)=O)c(-c3ccc(OC)c(-c4nc5nccnc5[nH]4)c3)cc12. The summed E-state index contributed by atoms with van der Waals surface area (Å²) in [6.07, 6.45) is 4.19. The van der Waals surface area contributed by atoms with Gasteiger partial charge in [0, 0.05) is 49.1 Å². The molecule has 1 amide bonds. The van der Waals surface area contributed by atoms with Crippen LogP contribution in [0.25, 0.3) is 56.1 Å². The van der Waals surface area contributed by atoms with Gasteiger partial charge in [-0.3, -0.25) is 9.10 Å². The first-order chi connectivity index (χ1) is 20.6. The molecule has 6 aromatic rings. The van der Waals surface area contributed by atoms with Crippen molar-refractivity contribution in [1.82, 2.24) is 25.3 Å². The molecule has 0 saturated carbocycles. The summed E-state index contributed by atoms with van der Waals surface area (Å²) in [5.41, 5.74) is 3.88. The zero-order chi connectivity index (χ0) is 30.5. The third kappa shape index (κ3) is 4.93. The van der Waals surface area contributed by atoms with Crippen LogP contribution < -0.4 is 14.4 Å². The lowest BCUT2D eigenvalue weighted by Gasteiger charge is -2.21. The second kappa shape index (κ2) is 10.5. The van der Waals surface area contributed by atoms with E-state index in [1.165, 1.54) is 51.7 Å². The quantitative estimate of drug-likeness (QED) is 0.261. The Kier molecular flexibility index (Phi) is 6.81. The van der Waals surface area contributed by atoms with Crippen LogP contribution >= 0.6 is 0 Å². The third-order valence-electron chi connectivity index (χ3n) is 7.10. The number of nitrogens with one attached hydrogen (secondary N) is 2. The van der Waals surface area contributed by atoms with Crippen molar-refractivity contribution in [2.75, 3.05) is 31.8 Å². The number of anilines is 1. The molecule has 0 aliphatic carbocycles. The van der Waals surface area contributed by atoms with Gasteiger partial charge >= 0.3 is 0 Å². The fourth-order valence-electron chi connectivity index (χ4n) is 4.89. The molecule has 3 heterocycles. The van der Waals surface area contributed by atoms with E-state index < -0.39 is 21.7 Å². The molecule has 0 saturated heterocycles. The normalized spacial score (nSPS) is 11.7. The molecule has 0 unspecified atom stereocenters. The summed E-state index contributed by atoms with van der Waals surface area (Å²) >= 11 is 0. The zero-order valence-corrected chi connectivity index (χ0v) is 24.3. The smallest absolute Gasteiger partial charge is 0.255 e. The van der Waals surface area contributed by atoms with Gasteiger partial charge < -0.3 is 19.5 Å². The Hall–Kier alpha value is -5.30. The van der Waals surface area contributed by atoms with E-state index in [0.717, 1.165) is 10.6 Å². The molecule has 13 heteroatoms. The molecule has 218 valence electrons. The van der Waals surface area contributed by atoms with Gasteiger partial charge in [0.2, 0.25) is 10.0 Å². The van der Waals surface area contributed by atoms with E-state index in [-0.39, 0.29) is 16.9 Å². The number of sulfonamides is 1. The van der Waals surface area contributed by atoms with Crippen LogP contribution in [0.4, 0.5) is 10.1 Å². The number of carbonyl (C=O) groups is 1. The maximum atomic E-state index is 13.7. The second-order valence-corrected chi connectivity index (χ2v) is 11.7. The van der Waals surface area contributed by atoms with Gasteiger partial charge in [-0.05, 0) is 48.0 Å². The monoisotopic (exact) mass is 600 g/mol. The number of benzene rings is 3. The van der Waals surface area contributed by atoms with Crippen molar-refractivity contribution >= 4 is 43.9 Å². The van der Waals surface area contributed by atoms with Crippen LogP contribution in [0.1, 0.15) is 10.4 Å². The van der Waals surface area contributed by atoms with E-state index in [1.807, 2.05) is 0 Å². The summed E-state index contributed by atoms with van der Waals surface area (Å²) in [6, 6.07) is 14.2. The van der Waals surface area contributed by atoms with E-state index in [9.17, 15) is 17.6 Å². The number of hydrogen-bond donors (Lipinski definition) is 2. The maximum Gasteiger partial charge on any atom is 0.255 e. The van der Waals surface area contributed by atoms with E-state index in [1.54, 1.807) is 36.5 Å². The first-order valence-corrected chi connectivity index (χ1v) is 14.8. The van der Waals surface area contributed by atoms with Crippen LogP contribution in [0.15, 0.2) is 71.4 Å². The molecule has 3 aromatic carbocycles. The van der Waals surface area contributed by atoms with Crippen molar-refractivity contribution in [2.24, 2.45) is 0 Å². The first-order valence-electron chi connectivity index (χ1n) is 13.0. The zero-order valence-electron chi connectivity index (χ0n) is 23.5. The number of H-pyrrole nitrogens is 1. The Bertz CT molecular complexity index is 2110. The van der Waals surface area contributed by atoms with Crippen LogP contribution in [0.5, 0.6) is 5.75 Å². The van der Waals surface area contributed by atoms with E-state index in [0.29, 0.717) is 56.2 Å². The van der Waals surface area contributed by atoms with Crippen molar-refractivity contribution in [3.8, 4) is 39.6 Å². The van der Waals surface area contributed by atoms with Gasteiger partial charge in [-0.25, -0.2) is 27.8 Å². The lowest BCUT2D eigenvalue weighted by Crippen LogP contribution is -2.25. The number of amides is 1. The van der Waals surface area contributed by atoms with Crippen LogP contribution in [-0.2, 0) is 10.0 Å². The van der Waals surface area contributed by atoms with Gasteiger partial charge in [0.25, 0.3) is 5.91 Å². The number of nitrogens with zero attached hydrogens (tertiary/aromatic N) is 4. The standard InChI is InChI=1S/C30H25FN6O5S/c1-32-30(38)25-20-14-19(17-7-10-23(41-3)21(13-17)27-35-28-29(36-27)34-12-11-33-28)22(37(2)43(4,39)40)15-24(20)42-26(25)16-5-8-18(31)9-6-16/h5-15H,1-4H3,(H,32,38)(H,33,34,35,36). The van der Waals surface area contributed by atoms with Crippen molar-refractivity contribution in [3.05, 3.63) is 78.4 Å². The lowest BCUT2D eigenvalue weighted by molar-refractivity contribution is 0.0964. The fourth-order valence-corrected chi connectivity index (χ4v) is 5.40. The average Bonchev–Trinajstić information content (AvgIpc) is 3.61. The van der Waals surface area contributed by atoms with E-state index in [2.05, 4.69) is 25.3 Å². The van der Waals surface area contributed by atoms with Crippen molar-refractivity contribution in [2.45, 2.75) is 0 Å². The number of imidazole rings is 1. The van der Waals surface area contributed by atoms with Gasteiger partial charge in [0.05, 0.1) is 30.2 Å². The minimum atomic E-state index is -3.72. The topological polar surface area (TPSA) is 143 Å². The Morgan fingerprint density at radius 2 is 1.74 bits per heavy atom. The lowest BCUT2D eigenvalue weighted by atomic mass is 9.97. The average molecular weight is 601 g/mol. The number of aromatic amines is 1. The number of fused-ring (bicyclic) bond motifs is 2. The van der Waals surface area contributed by atoms with Crippen LogP contribution in [0.2, 0.25) is 0 Å². The number of aromatic nitrogens is 4. The highest BCUT2D eigenvalue weighted by atomic mass is 32.2. The van der Waals surface area contributed by atoms with E-state index >= 15 is 0 Å². The Morgan fingerprint density at radius 3 is 2.42 bits per heavy atom. The minimum Gasteiger partial charge on any atom is -0.496 e. The van der Waals surface area contributed by atoms with Crippen LogP contribution in [-0.4, -0.2) is 61.7 Å². The van der Waals surface area contributed by atoms with Crippen molar-refractivity contribution < 1.29 is 26.8 Å². The largest absolute Gasteiger partial charge is 0.496 e. The number of carbonyl (C=O) groups excluding carboxylic acids is 1. The third-order valence-corrected chi connectivity index (χ3v) is 8.29. The highest BCUT2D eigenvalue weighted by molar-refractivity contribution is 7.92. The highest BCUT2D eigenvalue weighted by Gasteiger charge is 2.26. The summed E-state index contributed by atoms with van der Waals surface area (Å²) < 4.78 is 52.1. The van der Waals surface area contributed by atoms with Gasteiger partial charge in [-0.2, -0.15) is 0 Å². The second-order valence-electron chi connectivity index (χ2n) is 9.72. The molecule has 0 radical (unpaired) electrons. The number of furan rings is 1. The van der Waals surface area contributed by atoms with Gasteiger partial charge in [-0.15, -0.1) is 0 Å². The molecule has 0 fully saturated rings. The molecule has 6 rings (SSSR count). The molecule has 0 aliphatic rings. The van der Waals surface area contributed by atoms with Crippen LogP contribution in [0.3, 0.4) is 0 Å². The number of methoxy groups -OCH3 is 1. The highest BCUT2D eigenvalue weighted by Crippen LogP contribution is 2.43. The molecule has 0 atom stereocenters. The summed E-state index contributed by atoms with van der Waals surface area (Å²) in [4.78, 5) is 29.4. The molecule has 0 aliphatic heterocycles. The van der Waals surface area contributed by atoms with Crippen LogP contribution in [0, 0.1) is 5.82 Å². The molecular weight excluding hydrogens is 575 g/mol. The summed E-state index contributed by atoms with van der Waals surface area (Å²) in [5, 5.41) is 3.08. The minimum absolute atomic E-state index is 0.220. The Morgan fingerprint density at radius 1 is 1.02 bits per heavy atom. The maximum absolute atomic E-state index is 13.7. The number of ether oxygens (including phenoxy) is 1. The van der Waals surface area contributed by atoms with Gasteiger partial charge in [0.1, 0.15) is 28.7 Å². The predicted octanol–water partition coefficient (Wildman–Crippen LogP) is 5.00. The summed E-state index contributed by atoms with van der Waals surface area (Å²) in [6.45, 7) is 0. The molecule has 11 nitrogen and oxygen atoms in total. The molecule has 0 spiro atoms. The number of halogens is 1. The summed E-state index contributed by atoms with van der Waals surface area (Å²) in [7, 11) is 0.745. The van der Waals surface area contributed by atoms with Crippen molar-refractivity contribution in [3.63, 3.8) is 0 Å². The molecule has 0 bridgehead atoms. The van der Waals surface area contributed by atoms with Crippen molar-refractivity contribution in [1.29, 1.82) is 0 Å². The molecule has 3 aromatic heterocycles. The number of hydrogen-bond acceptors (Lipinski definition) is 8. The number of rotatable bonds is 7. The van der Waals surface area contributed by atoms with Gasteiger partial charge in [0.15, 0.2) is 11.3 Å². The first kappa shape index (κ1) is 27.8. The summed E-state index contributed by atoms with van der Waals surface area (Å²) in [5.74, 6) is 0.317. The van der Waals surface area contributed by atoms with Gasteiger partial charge in [-0.1, -0.05) is 6.07 Å². The fraction of sp³-hybridized carbons (Fsp3) is 0.133. The molecule has 2 N–H and O–H groups in total.